The third-order valence-electron chi connectivity index (χ3n) is 2.86. The van der Waals surface area contributed by atoms with Crippen molar-refractivity contribution in [1.82, 2.24) is 10.6 Å². The topological polar surface area (TPSA) is 24.1 Å². The van der Waals surface area contributed by atoms with Crippen LogP contribution in [-0.2, 0) is 0 Å². The highest BCUT2D eigenvalue weighted by atomic mass is 19.1. The minimum absolute atomic E-state index is 0.0254. The fraction of sp³-hybridized carbons (Fsp3) is 0.636. The lowest BCUT2D eigenvalue weighted by Crippen LogP contribution is -2.49. The van der Waals surface area contributed by atoms with Crippen LogP contribution < -0.4 is 10.6 Å². The zero-order valence-corrected chi connectivity index (χ0v) is 8.25. The van der Waals surface area contributed by atoms with Gasteiger partial charge in [-0.25, -0.2) is 4.39 Å². The fourth-order valence-corrected chi connectivity index (χ4v) is 2.05. The molecule has 2 N–H and O–H groups in total. The number of hydrogen-bond donors (Lipinski definition) is 2. The summed E-state index contributed by atoms with van der Waals surface area (Å²) in [5.41, 5.74) is 0. The first-order valence-corrected chi connectivity index (χ1v) is 5.36. The van der Waals surface area contributed by atoms with E-state index in [4.69, 9.17) is 0 Å². The summed E-state index contributed by atoms with van der Waals surface area (Å²) in [6.07, 6.45) is 11.1. The highest BCUT2D eigenvalue weighted by molar-refractivity contribution is 5.11. The van der Waals surface area contributed by atoms with E-state index in [0.717, 1.165) is 19.3 Å². The van der Waals surface area contributed by atoms with Crippen LogP contribution in [0, 0.1) is 0 Å². The first kappa shape index (κ1) is 9.71. The molecule has 78 valence electrons. The molecule has 2 rings (SSSR count). The lowest BCUT2D eigenvalue weighted by atomic mass is 9.93. The number of alkyl halides is 1. The van der Waals surface area contributed by atoms with Crippen LogP contribution in [0.1, 0.15) is 25.7 Å². The van der Waals surface area contributed by atoms with Crippen LogP contribution in [0.2, 0.25) is 0 Å². The van der Waals surface area contributed by atoms with Gasteiger partial charge in [-0.1, -0.05) is 18.9 Å². The Labute approximate surface area is 84.3 Å². The summed E-state index contributed by atoms with van der Waals surface area (Å²) in [5, 5.41) is 6.43. The molecule has 0 radical (unpaired) electrons. The third-order valence-corrected chi connectivity index (χ3v) is 2.86. The zero-order valence-electron chi connectivity index (χ0n) is 8.25. The first-order chi connectivity index (χ1) is 6.86. The summed E-state index contributed by atoms with van der Waals surface area (Å²) in [7, 11) is 0. The van der Waals surface area contributed by atoms with Gasteiger partial charge in [0, 0.05) is 6.04 Å². The molecule has 2 nitrogen and oxygen atoms in total. The van der Waals surface area contributed by atoms with E-state index in [1.54, 1.807) is 0 Å². The Morgan fingerprint density at radius 2 is 2.07 bits per heavy atom. The lowest BCUT2D eigenvalue weighted by Gasteiger charge is -2.30. The fourth-order valence-electron chi connectivity index (χ4n) is 2.05. The van der Waals surface area contributed by atoms with Gasteiger partial charge in [-0.15, -0.1) is 0 Å². The maximum absolute atomic E-state index is 13.5. The average molecular weight is 196 g/mol. The van der Waals surface area contributed by atoms with E-state index in [2.05, 4.69) is 10.6 Å². The van der Waals surface area contributed by atoms with Crippen molar-refractivity contribution in [3.05, 3.63) is 24.4 Å². The largest absolute Gasteiger partial charge is 0.372 e. The van der Waals surface area contributed by atoms with Gasteiger partial charge in [0.25, 0.3) is 0 Å². The van der Waals surface area contributed by atoms with Crippen molar-refractivity contribution >= 4 is 0 Å². The molecular weight excluding hydrogens is 179 g/mol. The van der Waals surface area contributed by atoms with Crippen molar-refractivity contribution in [3.63, 3.8) is 0 Å². The van der Waals surface area contributed by atoms with E-state index >= 15 is 0 Å². The summed E-state index contributed by atoms with van der Waals surface area (Å²) in [6.45, 7) is 0. The zero-order chi connectivity index (χ0) is 9.80. The van der Waals surface area contributed by atoms with E-state index in [-0.39, 0.29) is 12.2 Å². The van der Waals surface area contributed by atoms with E-state index in [1.165, 1.54) is 0 Å². The molecular formula is C11H17FN2. The van der Waals surface area contributed by atoms with E-state index in [0.29, 0.717) is 6.42 Å². The van der Waals surface area contributed by atoms with Crippen molar-refractivity contribution in [2.75, 3.05) is 0 Å². The summed E-state index contributed by atoms with van der Waals surface area (Å²) >= 11 is 0. The Bertz CT molecular complexity index is 237. The monoisotopic (exact) mass is 196 g/mol. The molecule has 3 atom stereocenters. The van der Waals surface area contributed by atoms with E-state index < -0.39 is 6.17 Å². The number of dihydropyridines is 1. The van der Waals surface area contributed by atoms with Crippen LogP contribution in [-0.4, -0.2) is 18.4 Å². The van der Waals surface area contributed by atoms with Crippen LogP contribution in [0.4, 0.5) is 4.39 Å². The van der Waals surface area contributed by atoms with Gasteiger partial charge in [0.2, 0.25) is 0 Å². The molecule has 1 fully saturated rings. The molecule has 1 aliphatic heterocycles. The van der Waals surface area contributed by atoms with Gasteiger partial charge in [-0.2, -0.15) is 0 Å². The highest BCUT2D eigenvalue weighted by Crippen LogP contribution is 2.21. The van der Waals surface area contributed by atoms with Gasteiger partial charge in [0.05, 0.1) is 6.17 Å². The second kappa shape index (κ2) is 4.60. The smallest absolute Gasteiger partial charge is 0.115 e. The molecule has 0 aromatic heterocycles. The Morgan fingerprint density at radius 3 is 2.79 bits per heavy atom. The number of hydrogen-bond acceptors (Lipinski definition) is 2. The van der Waals surface area contributed by atoms with Crippen molar-refractivity contribution in [2.24, 2.45) is 0 Å². The van der Waals surface area contributed by atoms with Crippen molar-refractivity contribution in [3.8, 4) is 0 Å². The summed E-state index contributed by atoms with van der Waals surface area (Å²) in [6, 6.07) is 0.0254. The molecule has 3 heteroatoms. The van der Waals surface area contributed by atoms with Gasteiger partial charge in [-0.3, -0.25) is 5.32 Å². The van der Waals surface area contributed by atoms with Crippen LogP contribution >= 0.6 is 0 Å². The van der Waals surface area contributed by atoms with Gasteiger partial charge in [0.1, 0.15) is 6.17 Å². The van der Waals surface area contributed by atoms with Crippen molar-refractivity contribution < 1.29 is 4.39 Å². The van der Waals surface area contributed by atoms with E-state index in [9.17, 15) is 4.39 Å². The number of rotatable bonds is 2. The van der Waals surface area contributed by atoms with E-state index in [1.807, 2.05) is 24.4 Å². The third kappa shape index (κ3) is 2.35. The summed E-state index contributed by atoms with van der Waals surface area (Å²) in [4.78, 5) is 0. The highest BCUT2D eigenvalue weighted by Gasteiger charge is 2.25. The molecule has 0 aromatic carbocycles. The lowest BCUT2D eigenvalue weighted by molar-refractivity contribution is 0.180. The predicted octanol–water partition coefficient (Wildman–Crippen LogP) is 1.86. The Morgan fingerprint density at radius 1 is 1.21 bits per heavy atom. The van der Waals surface area contributed by atoms with Gasteiger partial charge < -0.3 is 5.32 Å². The number of nitrogens with one attached hydrogen (secondary N) is 2. The summed E-state index contributed by atoms with van der Waals surface area (Å²) in [5.74, 6) is 0. The Hall–Kier alpha value is -0.830. The molecule has 1 aliphatic carbocycles. The molecule has 1 saturated carbocycles. The number of halogens is 1. The quantitative estimate of drug-likeness (QED) is 0.704. The molecule has 0 saturated heterocycles. The minimum Gasteiger partial charge on any atom is -0.372 e. The molecule has 0 amide bonds. The standard InChI is InChI=1S/C11H17FN2/c12-9-5-1-2-6-10(9)14-11-7-3-4-8-13-11/h3-4,7-11,13-14H,1-2,5-6H2. The van der Waals surface area contributed by atoms with Crippen LogP contribution in [0.15, 0.2) is 24.4 Å². The molecule has 14 heavy (non-hydrogen) atoms. The maximum Gasteiger partial charge on any atom is 0.115 e. The van der Waals surface area contributed by atoms with Crippen LogP contribution in [0.25, 0.3) is 0 Å². The normalized spacial score (nSPS) is 36.8. The van der Waals surface area contributed by atoms with Crippen LogP contribution in [0.5, 0.6) is 0 Å². The average Bonchev–Trinajstić information content (AvgIpc) is 2.23. The van der Waals surface area contributed by atoms with Gasteiger partial charge in [-0.05, 0) is 31.2 Å². The second-order valence-corrected chi connectivity index (χ2v) is 3.96. The molecule has 0 spiro atoms. The molecule has 2 aliphatic rings. The Kier molecular flexibility index (Phi) is 3.19. The van der Waals surface area contributed by atoms with Gasteiger partial charge >= 0.3 is 0 Å². The molecule has 3 unspecified atom stereocenters. The minimum atomic E-state index is -0.676. The number of allylic oxidation sites excluding steroid dienone is 2. The van der Waals surface area contributed by atoms with Crippen molar-refractivity contribution in [1.29, 1.82) is 0 Å². The predicted molar refractivity (Wildman–Crippen MR) is 55.5 cm³/mol. The molecule has 1 heterocycles. The SMILES string of the molecule is FC1CCCCC1NC1C=CC=CN1. The van der Waals surface area contributed by atoms with Crippen LogP contribution in [0.3, 0.4) is 0 Å². The first-order valence-electron chi connectivity index (χ1n) is 5.36. The second-order valence-electron chi connectivity index (χ2n) is 3.96. The maximum atomic E-state index is 13.5. The Balaban J connectivity index is 1.83. The molecule has 0 aromatic rings. The van der Waals surface area contributed by atoms with Gasteiger partial charge in [0.15, 0.2) is 0 Å². The molecule has 0 bridgehead atoms. The summed E-state index contributed by atoms with van der Waals surface area (Å²) < 4.78 is 13.5. The van der Waals surface area contributed by atoms with Crippen molar-refractivity contribution in [2.45, 2.75) is 44.1 Å².